The molecule has 1 saturated carbocycles. The minimum Gasteiger partial charge on any atom is -0.205 e. The predicted octanol–water partition coefficient (Wildman–Crippen LogP) is 6.42. The average Bonchev–Trinajstić information content (AvgIpc) is 3.53. The summed E-state index contributed by atoms with van der Waals surface area (Å²) in [6.45, 7) is 2.04. The van der Waals surface area contributed by atoms with Gasteiger partial charge in [0.15, 0.2) is 0 Å². The highest BCUT2D eigenvalue weighted by Gasteiger charge is 2.29. The lowest BCUT2D eigenvalue weighted by Gasteiger charge is -2.06. The molecule has 1 aliphatic rings. The maximum absolute atomic E-state index is 15.2. The molecule has 1 fully saturated rings. The monoisotopic (exact) mass is 476 g/mol. The van der Waals surface area contributed by atoms with Crippen LogP contribution in [0, 0.1) is 40.0 Å². The molecule has 3 aromatic rings. The molecule has 0 radical (unpaired) electrons. The zero-order valence-corrected chi connectivity index (χ0v) is 17.7. The second-order valence-electron chi connectivity index (χ2n) is 7.04. The van der Waals surface area contributed by atoms with E-state index in [2.05, 4.69) is 46.3 Å². The maximum atomic E-state index is 15.2. The fourth-order valence-electron chi connectivity index (χ4n) is 3.02. The van der Waals surface area contributed by atoms with E-state index < -0.39 is 0 Å². The first-order chi connectivity index (χ1) is 13.6. The van der Waals surface area contributed by atoms with Gasteiger partial charge in [0.25, 0.3) is 0 Å². The predicted molar refractivity (Wildman–Crippen MR) is 121 cm³/mol. The molecule has 0 bridgehead atoms. The van der Waals surface area contributed by atoms with Crippen molar-refractivity contribution >= 4 is 22.6 Å². The van der Waals surface area contributed by atoms with Gasteiger partial charge < -0.3 is 0 Å². The first-order valence-electron chi connectivity index (χ1n) is 9.29. The Morgan fingerprint density at radius 2 is 1.29 bits per heavy atom. The highest BCUT2D eigenvalue weighted by Crippen LogP contribution is 2.43. The fraction of sp³-hybridized carbons (Fsp3) is 0.154. The van der Waals surface area contributed by atoms with Gasteiger partial charge in [0.05, 0.1) is 5.56 Å². The molecule has 136 valence electrons. The lowest BCUT2D eigenvalue weighted by atomic mass is 9.98. The van der Waals surface area contributed by atoms with Gasteiger partial charge in [0.2, 0.25) is 0 Å². The van der Waals surface area contributed by atoms with Gasteiger partial charge in [-0.15, -0.1) is 0 Å². The van der Waals surface area contributed by atoms with Crippen LogP contribution < -0.4 is 0 Å². The van der Waals surface area contributed by atoms with Gasteiger partial charge in [-0.05, 0) is 96.8 Å². The van der Waals surface area contributed by atoms with Crippen molar-refractivity contribution in [3.8, 4) is 23.7 Å². The molecule has 3 aromatic carbocycles. The maximum Gasteiger partial charge on any atom is 0.143 e. The van der Waals surface area contributed by atoms with Crippen molar-refractivity contribution in [2.24, 2.45) is 0 Å². The topological polar surface area (TPSA) is 0 Å². The van der Waals surface area contributed by atoms with Crippen molar-refractivity contribution in [1.82, 2.24) is 0 Å². The van der Waals surface area contributed by atoms with Crippen LogP contribution in [-0.4, -0.2) is 0 Å². The summed E-state index contributed by atoms with van der Waals surface area (Å²) in [6, 6.07) is 19.6. The number of hydrogen-bond donors (Lipinski definition) is 0. The normalized spacial score (nSPS) is 12.5. The Bertz CT molecular complexity index is 1130. The minimum atomic E-state index is -0.212. The van der Waals surface area contributed by atoms with Crippen molar-refractivity contribution in [3.05, 3.63) is 103 Å². The molecule has 0 heterocycles. The summed E-state index contributed by atoms with van der Waals surface area (Å²) in [5.41, 5.74) is 4.96. The summed E-state index contributed by atoms with van der Waals surface area (Å²) in [4.78, 5) is 0. The Balaban J connectivity index is 1.68. The van der Waals surface area contributed by atoms with Crippen LogP contribution in [0.15, 0.2) is 60.7 Å². The van der Waals surface area contributed by atoms with Crippen LogP contribution in [0.2, 0.25) is 0 Å². The van der Waals surface area contributed by atoms with E-state index in [-0.39, 0.29) is 11.7 Å². The summed E-state index contributed by atoms with van der Waals surface area (Å²) >= 11 is 2.27. The highest BCUT2D eigenvalue weighted by molar-refractivity contribution is 14.1. The summed E-state index contributed by atoms with van der Waals surface area (Å²) in [5.74, 6) is 12.5. The van der Waals surface area contributed by atoms with Crippen LogP contribution in [0.25, 0.3) is 0 Å². The molecule has 1 aliphatic carbocycles. The Kier molecular flexibility index (Phi) is 5.51. The van der Waals surface area contributed by atoms with Crippen molar-refractivity contribution in [2.45, 2.75) is 25.7 Å². The molecule has 0 amide bonds. The molecule has 0 spiro atoms. The third-order valence-electron chi connectivity index (χ3n) is 4.74. The minimum absolute atomic E-state index is 0.212. The Morgan fingerprint density at radius 3 is 1.89 bits per heavy atom. The van der Waals surface area contributed by atoms with Gasteiger partial charge in [-0.3, -0.25) is 0 Å². The lowest BCUT2D eigenvalue weighted by Crippen LogP contribution is -1.97. The van der Waals surface area contributed by atoms with Crippen LogP contribution in [-0.2, 0) is 0 Å². The number of benzene rings is 3. The summed E-state index contributed by atoms with van der Waals surface area (Å²) in [5, 5.41) is 0. The average molecular weight is 476 g/mol. The summed E-state index contributed by atoms with van der Waals surface area (Å²) in [7, 11) is 0. The first-order valence-corrected chi connectivity index (χ1v) is 10.4. The third kappa shape index (κ3) is 4.46. The molecule has 2 heteroatoms. The zero-order chi connectivity index (χ0) is 19.5. The number of rotatable bonds is 1. The van der Waals surface area contributed by atoms with Crippen LogP contribution in [0.1, 0.15) is 52.1 Å². The molecule has 0 unspecified atom stereocenters. The van der Waals surface area contributed by atoms with E-state index >= 15 is 4.39 Å². The molecule has 28 heavy (non-hydrogen) atoms. The molecule has 0 saturated heterocycles. The van der Waals surface area contributed by atoms with Gasteiger partial charge >= 0.3 is 0 Å². The van der Waals surface area contributed by atoms with Gasteiger partial charge in [0.1, 0.15) is 5.82 Å². The third-order valence-corrected chi connectivity index (χ3v) is 5.46. The molecule has 0 aromatic heterocycles. The highest BCUT2D eigenvalue weighted by atomic mass is 127. The Labute approximate surface area is 179 Å². The second kappa shape index (κ2) is 8.21. The van der Waals surface area contributed by atoms with Crippen molar-refractivity contribution in [2.75, 3.05) is 0 Å². The van der Waals surface area contributed by atoms with Crippen LogP contribution in [0.4, 0.5) is 4.39 Å². The van der Waals surface area contributed by atoms with E-state index in [1.54, 1.807) is 6.07 Å². The van der Waals surface area contributed by atoms with Gasteiger partial charge in [-0.1, -0.05) is 41.4 Å². The molecular formula is C26H18FI. The summed E-state index contributed by atoms with van der Waals surface area (Å²) < 4.78 is 16.4. The fourth-order valence-corrected chi connectivity index (χ4v) is 3.38. The van der Waals surface area contributed by atoms with E-state index in [9.17, 15) is 0 Å². The SMILES string of the molecule is Cc1ccc(C#Cc2ccc(C#Cc3ccc(I)cc3)c(C3CC3)c2F)cc1. The Morgan fingerprint density at radius 1 is 0.750 bits per heavy atom. The quantitative estimate of drug-likeness (QED) is 0.281. The first kappa shape index (κ1) is 18.8. The number of hydrogen-bond acceptors (Lipinski definition) is 0. The smallest absolute Gasteiger partial charge is 0.143 e. The zero-order valence-electron chi connectivity index (χ0n) is 15.5. The number of halogens is 2. The number of aryl methyl sites for hydroxylation is 1. The molecule has 4 rings (SSSR count). The van der Waals surface area contributed by atoms with Gasteiger partial charge in [0, 0.05) is 25.8 Å². The van der Waals surface area contributed by atoms with Gasteiger partial charge in [-0.2, -0.15) is 0 Å². The van der Waals surface area contributed by atoms with Crippen LogP contribution in [0.3, 0.4) is 0 Å². The molecule has 0 aliphatic heterocycles. The molecule has 0 nitrogen and oxygen atoms in total. The van der Waals surface area contributed by atoms with E-state index in [1.807, 2.05) is 61.5 Å². The van der Waals surface area contributed by atoms with E-state index in [0.29, 0.717) is 5.56 Å². The van der Waals surface area contributed by atoms with Crippen LogP contribution >= 0.6 is 22.6 Å². The van der Waals surface area contributed by atoms with Crippen molar-refractivity contribution in [3.63, 3.8) is 0 Å². The molecular weight excluding hydrogens is 458 g/mol. The summed E-state index contributed by atoms with van der Waals surface area (Å²) in [6.07, 6.45) is 2.04. The lowest BCUT2D eigenvalue weighted by molar-refractivity contribution is 0.606. The largest absolute Gasteiger partial charge is 0.205 e. The molecule has 0 atom stereocenters. The van der Waals surface area contributed by atoms with E-state index in [1.165, 1.54) is 9.13 Å². The second-order valence-corrected chi connectivity index (χ2v) is 8.28. The van der Waals surface area contributed by atoms with E-state index in [0.717, 1.165) is 35.1 Å². The van der Waals surface area contributed by atoms with Crippen molar-refractivity contribution < 1.29 is 4.39 Å². The van der Waals surface area contributed by atoms with Crippen LogP contribution in [0.5, 0.6) is 0 Å². The standard InChI is InChI=1S/C26H18FI/c1-18-2-4-19(5-3-18)7-11-23-15-14-21(25(26(23)27)22-12-13-22)10-6-20-8-16-24(28)17-9-20/h2-5,8-9,14-17,22H,12-13H2,1H3. The van der Waals surface area contributed by atoms with E-state index in [4.69, 9.17) is 0 Å². The van der Waals surface area contributed by atoms with Gasteiger partial charge in [-0.25, -0.2) is 4.39 Å². The van der Waals surface area contributed by atoms with Crippen molar-refractivity contribution in [1.29, 1.82) is 0 Å². The molecule has 0 N–H and O–H groups in total. The Hall–Kier alpha value is -2.56.